The number of amidine groups is 1. The second-order valence-corrected chi connectivity index (χ2v) is 3.22. The molecule has 0 amide bonds. The van der Waals surface area contributed by atoms with Crippen LogP contribution < -0.4 is 11.6 Å². The molecular weight excluding hydrogens is 160 g/mol. The zero-order valence-corrected chi connectivity index (χ0v) is 7.06. The van der Waals surface area contributed by atoms with E-state index in [0.29, 0.717) is 12.3 Å². The van der Waals surface area contributed by atoms with Crippen LogP contribution in [0.4, 0.5) is 0 Å². The molecule has 0 aliphatic carbocycles. The summed E-state index contributed by atoms with van der Waals surface area (Å²) in [7, 11) is 0. The summed E-state index contributed by atoms with van der Waals surface area (Å²) in [4.78, 5) is 4.20. The van der Waals surface area contributed by atoms with Crippen molar-refractivity contribution in [3.63, 3.8) is 0 Å². The Bertz CT molecular complexity index is 265. The third-order valence-electron chi connectivity index (χ3n) is 1.19. The average Bonchev–Trinajstić information content (AvgIpc) is 2.35. The molecule has 60 valence electrons. The van der Waals surface area contributed by atoms with Gasteiger partial charge in [-0.2, -0.15) is 5.10 Å². The third-order valence-corrected chi connectivity index (χ3v) is 2.02. The maximum atomic E-state index is 5.40. The Morgan fingerprint density at radius 3 is 3.00 bits per heavy atom. The van der Waals surface area contributed by atoms with E-state index in [4.69, 9.17) is 11.6 Å². The Morgan fingerprint density at radius 2 is 2.55 bits per heavy atom. The zero-order valence-electron chi connectivity index (χ0n) is 6.24. The van der Waals surface area contributed by atoms with Crippen molar-refractivity contribution < 1.29 is 0 Å². The lowest BCUT2D eigenvalue weighted by Crippen LogP contribution is -2.17. The van der Waals surface area contributed by atoms with Gasteiger partial charge in [-0.05, 0) is 6.92 Å². The predicted molar refractivity (Wildman–Crippen MR) is 46.4 cm³/mol. The van der Waals surface area contributed by atoms with E-state index in [1.54, 1.807) is 11.3 Å². The Morgan fingerprint density at radius 1 is 1.82 bits per heavy atom. The molecule has 0 bridgehead atoms. The summed E-state index contributed by atoms with van der Waals surface area (Å²) in [5.41, 5.74) is 6.33. The summed E-state index contributed by atoms with van der Waals surface area (Å²) in [6.45, 7) is 1.95. The first-order valence-electron chi connectivity index (χ1n) is 3.15. The van der Waals surface area contributed by atoms with Gasteiger partial charge >= 0.3 is 0 Å². The summed E-state index contributed by atoms with van der Waals surface area (Å²) in [6.07, 6.45) is 0.542. The summed E-state index contributed by atoms with van der Waals surface area (Å²) in [6, 6.07) is 0. The molecular formula is C6H10N4S. The van der Waals surface area contributed by atoms with Crippen molar-refractivity contribution in [2.45, 2.75) is 13.3 Å². The van der Waals surface area contributed by atoms with Crippen molar-refractivity contribution in [3.05, 3.63) is 16.1 Å². The fraction of sp³-hybridized carbons (Fsp3) is 0.333. The van der Waals surface area contributed by atoms with E-state index in [-0.39, 0.29) is 0 Å². The van der Waals surface area contributed by atoms with Crippen LogP contribution in [0.15, 0.2) is 10.5 Å². The molecule has 0 fully saturated rings. The molecule has 4 N–H and O–H groups in total. The lowest BCUT2D eigenvalue weighted by molar-refractivity contribution is 1.11. The first-order valence-corrected chi connectivity index (χ1v) is 4.03. The van der Waals surface area contributed by atoms with E-state index >= 15 is 0 Å². The summed E-state index contributed by atoms with van der Waals surface area (Å²) < 4.78 is 0. The molecule has 0 spiro atoms. The Balaban J connectivity index is 2.65. The smallest absolute Gasteiger partial charge is 0.125 e. The largest absolute Gasteiger partial charge is 0.385 e. The lowest BCUT2D eigenvalue weighted by atomic mass is 10.3. The Hall–Kier alpha value is -1.10. The van der Waals surface area contributed by atoms with Gasteiger partial charge in [0.2, 0.25) is 0 Å². The molecule has 1 heterocycles. The van der Waals surface area contributed by atoms with E-state index < -0.39 is 0 Å². The number of aryl methyl sites for hydroxylation is 1. The minimum atomic E-state index is 0.412. The van der Waals surface area contributed by atoms with Crippen LogP contribution in [0.1, 0.15) is 10.7 Å². The number of thiazole rings is 1. The quantitative estimate of drug-likeness (QED) is 0.288. The molecule has 11 heavy (non-hydrogen) atoms. The van der Waals surface area contributed by atoms with E-state index in [1.165, 1.54) is 0 Å². The second kappa shape index (κ2) is 3.34. The van der Waals surface area contributed by atoms with Gasteiger partial charge in [0.15, 0.2) is 0 Å². The van der Waals surface area contributed by atoms with E-state index in [1.807, 2.05) is 12.3 Å². The van der Waals surface area contributed by atoms with E-state index in [9.17, 15) is 0 Å². The van der Waals surface area contributed by atoms with Crippen LogP contribution in [0, 0.1) is 6.92 Å². The van der Waals surface area contributed by atoms with Crippen LogP contribution in [-0.4, -0.2) is 10.8 Å². The number of nitrogens with zero attached hydrogens (tertiary/aromatic N) is 2. The van der Waals surface area contributed by atoms with Gasteiger partial charge in [0.1, 0.15) is 5.84 Å². The number of rotatable bonds is 2. The SMILES string of the molecule is Cc1nc(CC(N)=NN)cs1. The normalized spacial score (nSPS) is 11.9. The van der Waals surface area contributed by atoms with Crippen molar-refractivity contribution in [2.24, 2.45) is 16.7 Å². The maximum absolute atomic E-state index is 5.40. The Kier molecular flexibility index (Phi) is 2.43. The number of hydrogen-bond acceptors (Lipinski definition) is 4. The number of aromatic nitrogens is 1. The molecule has 0 atom stereocenters. The zero-order chi connectivity index (χ0) is 8.27. The van der Waals surface area contributed by atoms with Crippen molar-refractivity contribution in [2.75, 3.05) is 0 Å². The molecule has 0 aliphatic heterocycles. The molecule has 0 aliphatic rings. The molecule has 0 radical (unpaired) electrons. The van der Waals surface area contributed by atoms with Gasteiger partial charge < -0.3 is 11.6 Å². The fourth-order valence-electron chi connectivity index (χ4n) is 0.721. The third kappa shape index (κ3) is 2.19. The fourth-order valence-corrected chi connectivity index (χ4v) is 1.33. The minimum absolute atomic E-state index is 0.412. The molecule has 4 nitrogen and oxygen atoms in total. The van der Waals surface area contributed by atoms with E-state index in [2.05, 4.69) is 10.1 Å². The lowest BCUT2D eigenvalue weighted by Gasteiger charge is -1.92. The molecule has 0 unspecified atom stereocenters. The van der Waals surface area contributed by atoms with Crippen molar-refractivity contribution >= 4 is 17.2 Å². The molecule has 5 heteroatoms. The maximum Gasteiger partial charge on any atom is 0.125 e. The van der Waals surface area contributed by atoms with Crippen LogP contribution in [0.25, 0.3) is 0 Å². The average molecular weight is 170 g/mol. The number of nitrogens with two attached hydrogens (primary N) is 2. The summed E-state index contributed by atoms with van der Waals surface area (Å²) >= 11 is 1.59. The number of hydrazone groups is 1. The molecule has 1 aromatic heterocycles. The first-order chi connectivity index (χ1) is 5.22. The molecule has 1 aromatic rings. The predicted octanol–water partition coefficient (Wildman–Crippen LogP) is 0.225. The summed E-state index contributed by atoms with van der Waals surface area (Å²) in [5, 5.41) is 6.34. The van der Waals surface area contributed by atoms with Crippen molar-refractivity contribution in [1.29, 1.82) is 0 Å². The summed E-state index contributed by atoms with van der Waals surface area (Å²) in [5.74, 6) is 5.38. The highest BCUT2D eigenvalue weighted by Gasteiger charge is 1.99. The van der Waals surface area contributed by atoms with Crippen molar-refractivity contribution in [3.8, 4) is 0 Å². The topological polar surface area (TPSA) is 77.3 Å². The van der Waals surface area contributed by atoms with Crippen LogP contribution in [0.5, 0.6) is 0 Å². The van der Waals surface area contributed by atoms with Gasteiger partial charge in [0.25, 0.3) is 0 Å². The first kappa shape index (κ1) is 8.00. The second-order valence-electron chi connectivity index (χ2n) is 2.16. The van der Waals surface area contributed by atoms with Gasteiger partial charge in [-0.3, -0.25) is 0 Å². The van der Waals surface area contributed by atoms with Crippen molar-refractivity contribution in [1.82, 2.24) is 4.98 Å². The van der Waals surface area contributed by atoms with Gasteiger partial charge in [-0.15, -0.1) is 11.3 Å². The highest BCUT2D eigenvalue weighted by atomic mass is 32.1. The highest BCUT2D eigenvalue weighted by Crippen LogP contribution is 2.07. The Labute approximate surface area is 68.9 Å². The minimum Gasteiger partial charge on any atom is -0.385 e. The van der Waals surface area contributed by atoms with Gasteiger partial charge in [-0.25, -0.2) is 4.98 Å². The molecule has 0 saturated heterocycles. The number of hydrogen-bond donors (Lipinski definition) is 2. The highest BCUT2D eigenvalue weighted by molar-refractivity contribution is 7.09. The van der Waals surface area contributed by atoms with Gasteiger partial charge in [-0.1, -0.05) is 0 Å². The molecule has 1 rings (SSSR count). The van der Waals surface area contributed by atoms with Crippen LogP contribution in [-0.2, 0) is 6.42 Å². The van der Waals surface area contributed by atoms with Gasteiger partial charge in [0.05, 0.1) is 17.1 Å². The van der Waals surface area contributed by atoms with Crippen LogP contribution in [0.3, 0.4) is 0 Å². The molecule has 0 aromatic carbocycles. The molecule has 0 saturated carbocycles. The van der Waals surface area contributed by atoms with Gasteiger partial charge in [0, 0.05) is 5.38 Å². The monoisotopic (exact) mass is 170 g/mol. The van der Waals surface area contributed by atoms with E-state index in [0.717, 1.165) is 10.7 Å². The standard InChI is InChI=1S/C6H10N4S/c1-4-9-5(3-11-4)2-6(7)10-8/h3H,2,8H2,1H3,(H2,7,10). The van der Waals surface area contributed by atoms with Crippen LogP contribution >= 0.6 is 11.3 Å². The van der Waals surface area contributed by atoms with Crippen LogP contribution in [0.2, 0.25) is 0 Å².